The summed E-state index contributed by atoms with van der Waals surface area (Å²) in [6.07, 6.45) is 1.40. The van der Waals surface area contributed by atoms with Crippen LogP contribution in [-0.4, -0.2) is 25.0 Å². The fourth-order valence-electron chi connectivity index (χ4n) is 2.41. The first-order chi connectivity index (χ1) is 12.0. The standard InChI is InChI=1S/C18H13ClN2O4/c1-25-12-6-4-5-11(9-12)10-13-16(22)20-18(24)21(17(13)23)15-8-3-2-7-14(15)19/h2-10H,1H3,(H,20,22,24)/b13-10+. The van der Waals surface area contributed by atoms with Crippen molar-refractivity contribution in [1.29, 1.82) is 0 Å². The summed E-state index contributed by atoms with van der Waals surface area (Å²) < 4.78 is 5.12. The summed E-state index contributed by atoms with van der Waals surface area (Å²) in [5.41, 5.74) is 0.620. The molecule has 2 aromatic carbocycles. The molecule has 25 heavy (non-hydrogen) atoms. The summed E-state index contributed by atoms with van der Waals surface area (Å²) in [5.74, 6) is -0.928. The highest BCUT2D eigenvalue weighted by molar-refractivity contribution is 6.42. The topological polar surface area (TPSA) is 75.7 Å². The molecule has 126 valence electrons. The van der Waals surface area contributed by atoms with Crippen molar-refractivity contribution in [1.82, 2.24) is 5.32 Å². The van der Waals surface area contributed by atoms with Crippen molar-refractivity contribution in [3.63, 3.8) is 0 Å². The highest BCUT2D eigenvalue weighted by Gasteiger charge is 2.37. The van der Waals surface area contributed by atoms with Crippen LogP contribution in [0.15, 0.2) is 54.1 Å². The van der Waals surface area contributed by atoms with Gasteiger partial charge in [-0.25, -0.2) is 9.69 Å². The lowest BCUT2D eigenvalue weighted by atomic mass is 10.1. The number of methoxy groups -OCH3 is 1. The number of benzene rings is 2. The van der Waals surface area contributed by atoms with Gasteiger partial charge in [0.05, 0.1) is 17.8 Å². The maximum atomic E-state index is 12.7. The molecular formula is C18H13ClN2O4. The number of ether oxygens (including phenoxy) is 1. The van der Waals surface area contributed by atoms with Crippen molar-refractivity contribution >= 4 is 41.2 Å². The number of rotatable bonds is 3. The molecule has 4 amide bonds. The minimum atomic E-state index is -0.842. The zero-order chi connectivity index (χ0) is 18.0. The number of carbonyl (C=O) groups is 3. The first-order valence-electron chi connectivity index (χ1n) is 7.31. The fraction of sp³-hybridized carbons (Fsp3) is 0.0556. The lowest BCUT2D eigenvalue weighted by molar-refractivity contribution is -0.122. The number of hydrogen-bond acceptors (Lipinski definition) is 4. The van der Waals surface area contributed by atoms with E-state index in [-0.39, 0.29) is 16.3 Å². The van der Waals surface area contributed by atoms with Gasteiger partial charge < -0.3 is 4.74 Å². The van der Waals surface area contributed by atoms with Gasteiger partial charge in [-0.1, -0.05) is 35.9 Å². The van der Waals surface area contributed by atoms with Gasteiger partial charge in [-0.15, -0.1) is 0 Å². The van der Waals surface area contributed by atoms with E-state index in [0.717, 1.165) is 4.90 Å². The van der Waals surface area contributed by atoms with Crippen LogP contribution in [0.4, 0.5) is 10.5 Å². The van der Waals surface area contributed by atoms with Crippen molar-refractivity contribution < 1.29 is 19.1 Å². The summed E-state index contributed by atoms with van der Waals surface area (Å²) >= 11 is 6.08. The molecule has 6 nitrogen and oxygen atoms in total. The third-order valence-electron chi connectivity index (χ3n) is 3.60. The van der Waals surface area contributed by atoms with Crippen molar-refractivity contribution in [3.8, 4) is 5.75 Å². The highest BCUT2D eigenvalue weighted by Crippen LogP contribution is 2.29. The Hall–Kier alpha value is -3.12. The van der Waals surface area contributed by atoms with Gasteiger partial charge in [0.25, 0.3) is 11.8 Å². The van der Waals surface area contributed by atoms with Crippen LogP contribution in [-0.2, 0) is 9.59 Å². The Labute approximate surface area is 148 Å². The van der Waals surface area contributed by atoms with Gasteiger partial charge in [-0.05, 0) is 35.9 Å². The third kappa shape index (κ3) is 3.25. The summed E-state index contributed by atoms with van der Waals surface area (Å²) in [7, 11) is 1.52. The average molecular weight is 357 g/mol. The van der Waals surface area contributed by atoms with Crippen LogP contribution in [0.25, 0.3) is 6.08 Å². The predicted molar refractivity (Wildman–Crippen MR) is 93.4 cm³/mol. The van der Waals surface area contributed by atoms with Crippen LogP contribution in [0.3, 0.4) is 0 Å². The van der Waals surface area contributed by atoms with E-state index >= 15 is 0 Å². The lowest BCUT2D eigenvalue weighted by Crippen LogP contribution is -2.54. The number of urea groups is 1. The molecule has 1 N–H and O–H groups in total. The average Bonchev–Trinajstić information content (AvgIpc) is 2.60. The van der Waals surface area contributed by atoms with Gasteiger partial charge in [0.1, 0.15) is 11.3 Å². The van der Waals surface area contributed by atoms with E-state index in [0.29, 0.717) is 11.3 Å². The van der Waals surface area contributed by atoms with Gasteiger partial charge in [0.15, 0.2) is 0 Å². The molecule has 3 rings (SSSR count). The first-order valence-corrected chi connectivity index (χ1v) is 7.69. The van der Waals surface area contributed by atoms with E-state index in [1.54, 1.807) is 42.5 Å². The van der Waals surface area contributed by atoms with Crippen LogP contribution in [0.5, 0.6) is 5.75 Å². The molecular weight excluding hydrogens is 344 g/mol. The van der Waals surface area contributed by atoms with E-state index in [9.17, 15) is 14.4 Å². The zero-order valence-electron chi connectivity index (χ0n) is 13.2. The molecule has 0 bridgehead atoms. The normalized spacial score (nSPS) is 16.2. The largest absolute Gasteiger partial charge is 0.497 e. The Balaban J connectivity index is 2.04. The molecule has 0 aromatic heterocycles. The second-order valence-corrected chi connectivity index (χ2v) is 5.59. The molecule has 2 aromatic rings. The smallest absolute Gasteiger partial charge is 0.335 e. The van der Waals surface area contributed by atoms with Crippen LogP contribution in [0.2, 0.25) is 5.02 Å². The van der Waals surface area contributed by atoms with Gasteiger partial charge >= 0.3 is 6.03 Å². The van der Waals surface area contributed by atoms with Crippen molar-refractivity contribution in [3.05, 3.63) is 64.7 Å². The molecule has 0 atom stereocenters. The molecule has 1 heterocycles. The van der Waals surface area contributed by atoms with E-state index in [2.05, 4.69) is 5.32 Å². The monoisotopic (exact) mass is 356 g/mol. The van der Waals surface area contributed by atoms with Crippen molar-refractivity contribution in [2.75, 3.05) is 12.0 Å². The lowest BCUT2D eigenvalue weighted by Gasteiger charge is -2.27. The fourth-order valence-corrected chi connectivity index (χ4v) is 2.63. The number of para-hydroxylation sites is 1. The van der Waals surface area contributed by atoms with Crippen molar-refractivity contribution in [2.45, 2.75) is 0 Å². The number of hydrogen-bond donors (Lipinski definition) is 1. The zero-order valence-corrected chi connectivity index (χ0v) is 13.9. The SMILES string of the molecule is COc1cccc(/C=C2\C(=O)NC(=O)N(c3ccccc3Cl)C2=O)c1. The van der Waals surface area contributed by atoms with E-state index < -0.39 is 17.8 Å². The summed E-state index contributed by atoms with van der Waals surface area (Å²) in [6.45, 7) is 0. The van der Waals surface area contributed by atoms with E-state index in [1.807, 2.05) is 0 Å². The number of barbiturate groups is 1. The van der Waals surface area contributed by atoms with Crippen LogP contribution in [0, 0.1) is 0 Å². The number of nitrogens with zero attached hydrogens (tertiary/aromatic N) is 1. The molecule has 7 heteroatoms. The Morgan fingerprint density at radius 3 is 2.56 bits per heavy atom. The van der Waals surface area contributed by atoms with E-state index in [4.69, 9.17) is 16.3 Å². The highest BCUT2D eigenvalue weighted by atomic mass is 35.5. The summed E-state index contributed by atoms with van der Waals surface area (Å²) in [4.78, 5) is 37.8. The molecule has 0 radical (unpaired) electrons. The Kier molecular flexibility index (Phi) is 4.54. The molecule has 1 aliphatic rings. The molecule has 1 fully saturated rings. The number of amides is 4. The van der Waals surface area contributed by atoms with Gasteiger partial charge in [-0.3, -0.25) is 14.9 Å². The molecule has 0 aliphatic carbocycles. The number of anilines is 1. The number of halogens is 1. The Morgan fingerprint density at radius 1 is 1.08 bits per heavy atom. The summed E-state index contributed by atoms with van der Waals surface area (Å²) in [5, 5.41) is 2.38. The minimum absolute atomic E-state index is 0.173. The third-order valence-corrected chi connectivity index (χ3v) is 3.92. The maximum absolute atomic E-state index is 12.7. The predicted octanol–water partition coefficient (Wildman–Crippen LogP) is 3.02. The molecule has 1 saturated heterocycles. The molecule has 1 aliphatic heterocycles. The van der Waals surface area contributed by atoms with Gasteiger partial charge in [-0.2, -0.15) is 0 Å². The quantitative estimate of drug-likeness (QED) is 0.677. The number of nitrogens with one attached hydrogen (secondary N) is 1. The minimum Gasteiger partial charge on any atom is -0.497 e. The van der Waals surface area contributed by atoms with Gasteiger partial charge in [0, 0.05) is 0 Å². The molecule has 0 saturated carbocycles. The number of carbonyl (C=O) groups excluding carboxylic acids is 3. The summed E-state index contributed by atoms with van der Waals surface area (Å²) in [6, 6.07) is 12.4. The second-order valence-electron chi connectivity index (χ2n) is 5.19. The van der Waals surface area contributed by atoms with E-state index in [1.165, 1.54) is 19.3 Å². The van der Waals surface area contributed by atoms with Gasteiger partial charge in [0.2, 0.25) is 0 Å². The second kappa shape index (κ2) is 6.78. The number of imide groups is 2. The molecule has 0 unspecified atom stereocenters. The first kappa shape index (κ1) is 16.7. The Morgan fingerprint density at radius 2 is 1.84 bits per heavy atom. The van der Waals surface area contributed by atoms with Crippen LogP contribution in [0.1, 0.15) is 5.56 Å². The van der Waals surface area contributed by atoms with Crippen LogP contribution < -0.4 is 15.0 Å². The Bertz CT molecular complexity index is 907. The molecule has 0 spiro atoms. The maximum Gasteiger partial charge on any atom is 0.335 e. The van der Waals surface area contributed by atoms with Crippen LogP contribution >= 0.6 is 11.6 Å². The van der Waals surface area contributed by atoms with Crippen molar-refractivity contribution in [2.24, 2.45) is 0 Å².